The van der Waals surface area contributed by atoms with Crippen LogP contribution >= 0.6 is 22.2 Å². The van der Waals surface area contributed by atoms with Gasteiger partial charge in [0.2, 0.25) is 0 Å². The molecule has 0 aromatic carbocycles. The molecular weight excluding hydrogens is 223 g/mol. The van der Waals surface area contributed by atoms with E-state index in [0.717, 1.165) is 12.5 Å². The summed E-state index contributed by atoms with van der Waals surface area (Å²) >= 11 is 12.3. The Morgan fingerprint density at radius 3 is 1.92 bits per heavy atom. The predicted octanol–water partition coefficient (Wildman–Crippen LogP) is 4.36. The minimum atomic E-state index is -1.49. The zero-order valence-electron chi connectivity index (χ0n) is 8.32. The summed E-state index contributed by atoms with van der Waals surface area (Å²) in [6.07, 6.45) is 3.28. The van der Waals surface area contributed by atoms with Crippen molar-refractivity contribution in [1.29, 1.82) is 0 Å². The quantitative estimate of drug-likeness (QED) is 0.506. The summed E-state index contributed by atoms with van der Waals surface area (Å²) in [5, 5.41) is 0. The minimum Gasteiger partial charge on any atom is -0.168 e. The average molecular weight is 241 g/mol. The Morgan fingerprint density at radius 2 is 1.58 bits per heavy atom. The Hall–Kier alpha value is 0.754. The van der Waals surface area contributed by atoms with Crippen LogP contribution in [0.4, 0.5) is 0 Å². The Morgan fingerprint density at radius 1 is 1.08 bits per heavy atom. The normalized spacial score (nSPS) is 14.2. The van der Waals surface area contributed by atoms with Crippen molar-refractivity contribution in [2.75, 3.05) is 0 Å². The summed E-state index contributed by atoms with van der Waals surface area (Å²) in [5.74, 6) is 0. The lowest BCUT2D eigenvalue weighted by Crippen LogP contribution is -2.15. The molecule has 0 N–H and O–H groups in total. The molecule has 0 bridgehead atoms. The summed E-state index contributed by atoms with van der Waals surface area (Å²) in [5.41, 5.74) is 2.17. The first kappa shape index (κ1) is 12.8. The lowest BCUT2D eigenvalue weighted by molar-refractivity contribution is 1.18. The Labute approximate surface area is 87.4 Å². The highest BCUT2D eigenvalue weighted by Gasteiger charge is 2.15. The SMILES string of the molecule is C[Si](C)(Cl)C=CCC[Si](C)(C)Cl. The van der Waals surface area contributed by atoms with E-state index in [1.165, 1.54) is 0 Å². The van der Waals surface area contributed by atoms with Crippen molar-refractivity contribution in [3.63, 3.8) is 0 Å². The van der Waals surface area contributed by atoms with Crippen LogP contribution < -0.4 is 0 Å². The minimum absolute atomic E-state index is 1.09. The molecule has 0 aliphatic rings. The predicted molar refractivity (Wildman–Crippen MR) is 65.2 cm³/mol. The van der Waals surface area contributed by atoms with Gasteiger partial charge in [0.25, 0.3) is 0 Å². The molecule has 0 nitrogen and oxygen atoms in total. The Balaban J connectivity index is 3.64. The van der Waals surface area contributed by atoms with E-state index in [0.29, 0.717) is 0 Å². The van der Waals surface area contributed by atoms with Gasteiger partial charge in [0.15, 0.2) is 14.8 Å². The van der Waals surface area contributed by atoms with Crippen molar-refractivity contribution in [3.8, 4) is 0 Å². The lowest BCUT2D eigenvalue weighted by Gasteiger charge is -2.10. The lowest BCUT2D eigenvalue weighted by atomic mass is 10.5. The molecule has 72 valence electrons. The van der Waals surface area contributed by atoms with Crippen molar-refractivity contribution in [2.45, 2.75) is 38.7 Å². The van der Waals surface area contributed by atoms with Crippen molar-refractivity contribution in [2.24, 2.45) is 0 Å². The van der Waals surface area contributed by atoms with E-state index in [4.69, 9.17) is 22.2 Å². The van der Waals surface area contributed by atoms with Crippen molar-refractivity contribution in [3.05, 3.63) is 11.8 Å². The first-order valence-electron chi connectivity index (χ1n) is 4.26. The van der Waals surface area contributed by atoms with Crippen LogP contribution in [0.15, 0.2) is 11.8 Å². The first-order valence-corrected chi connectivity index (χ1v) is 12.6. The smallest absolute Gasteiger partial charge is 0.168 e. The molecule has 0 spiro atoms. The number of allylic oxidation sites excluding steroid dienone is 1. The van der Waals surface area contributed by atoms with Crippen LogP contribution in [0.25, 0.3) is 0 Å². The molecule has 0 aromatic heterocycles. The van der Waals surface area contributed by atoms with Gasteiger partial charge in [0, 0.05) is 0 Å². The fourth-order valence-electron chi connectivity index (χ4n) is 0.790. The van der Waals surface area contributed by atoms with Crippen LogP contribution in [0.5, 0.6) is 0 Å². The second kappa shape index (κ2) is 4.84. The number of halogens is 2. The molecule has 0 fully saturated rings. The largest absolute Gasteiger partial charge is 0.173 e. The number of hydrogen-bond donors (Lipinski definition) is 0. The zero-order chi connectivity index (χ0) is 9.83. The van der Waals surface area contributed by atoms with Gasteiger partial charge < -0.3 is 0 Å². The van der Waals surface area contributed by atoms with Crippen LogP contribution in [0.1, 0.15) is 6.42 Å². The second-order valence-electron chi connectivity index (χ2n) is 4.22. The monoisotopic (exact) mass is 240 g/mol. The molecule has 0 aliphatic heterocycles. The van der Waals surface area contributed by atoms with E-state index in [-0.39, 0.29) is 0 Å². The van der Waals surface area contributed by atoms with E-state index >= 15 is 0 Å². The summed E-state index contributed by atoms with van der Waals surface area (Å²) < 4.78 is 0. The Bertz CT molecular complexity index is 153. The van der Waals surface area contributed by atoms with Crippen LogP contribution in [0.2, 0.25) is 32.2 Å². The topological polar surface area (TPSA) is 0 Å². The van der Waals surface area contributed by atoms with Crippen molar-refractivity contribution in [1.82, 2.24) is 0 Å². The van der Waals surface area contributed by atoms with E-state index in [1.807, 2.05) is 0 Å². The molecule has 4 heteroatoms. The highest BCUT2D eigenvalue weighted by molar-refractivity contribution is 7.21. The van der Waals surface area contributed by atoms with Crippen LogP contribution in [-0.2, 0) is 0 Å². The van der Waals surface area contributed by atoms with E-state index in [2.05, 4.69) is 38.0 Å². The molecule has 0 radical (unpaired) electrons. The van der Waals surface area contributed by atoms with Crippen molar-refractivity contribution < 1.29 is 0 Å². The summed E-state index contributed by atoms with van der Waals surface area (Å²) in [6, 6.07) is 1.15. The highest BCUT2D eigenvalue weighted by atomic mass is 35.6. The van der Waals surface area contributed by atoms with Gasteiger partial charge in [-0.25, -0.2) is 0 Å². The van der Waals surface area contributed by atoms with Gasteiger partial charge in [0.1, 0.15) is 0 Å². The van der Waals surface area contributed by atoms with Gasteiger partial charge in [-0.3, -0.25) is 0 Å². The Kier molecular flexibility index (Phi) is 5.15. The maximum Gasteiger partial charge on any atom is 0.173 e. The summed E-state index contributed by atoms with van der Waals surface area (Å²) in [6.45, 7) is 8.58. The van der Waals surface area contributed by atoms with Crippen LogP contribution in [0.3, 0.4) is 0 Å². The average Bonchev–Trinajstić information content (AvgIpc) is 1.76. The van der Waals surface area contributed by atoms with Crippen LogP contribution in [0, 0.1) is 0 Å². The second-order valence-corrected chi connectivity index (χ2v) is 17.6. The van der Waals surface area contributed by atoms with Crippen LogP contribution in [-0.4, -0.2) is 14.8 Å². The van der Waals surface area contributed by atoms with Gasteiger partial charge in [-0.05, 0) is 12.5 Å². The maximum absolute atomic E-state index is 6.17. The maximum atomic E-state index is 6.17. The van der Waals surface area contributed by atoms with Gasteiger partial charge in [0.05, 0.1) is 0 Å². The van der Waals surface area contributed by atoms with Gasteiger partial charge in [-0.2, -0.15) is 22.2 Å². The van der Waals surface area contributed by atoms with E-state index in [9.17, 15) is 0 Å². The summed E-state index contributed by atoms with van der Waals surface area (Å²) in [4.78, 5) is 0. The summed E-state index contributed by atoms with van der Waals surface area (Å²) in [7, 11) is -2.85. The molecule has 12 heavy (non-hydrogen) atoms. The third kappa shape index (κ3) is 10.8. The van der Waals surface area contributed by atoms with Crippen molar-refractivity contribution >= 4 is 36.9 Å². The third-order valence-electron chi connectivity index (χ3n) is 1.42. The first-order chi connectivity index (χ1) is 5.21. The molecule has 0 saturated carbocycles. The highest BCUT2D eigenvalue weighted by Crippen LogP contribution is 2.17. The molecule has 0 rings (SSSR count). The number of rotatable bonds is 4. The van der Waals surface area contributed by atoms with E-state index < -0.39 is 14.8 Å². The van der Waals surface area contributed by atoms with Gasteiger partial charge in [-0.1, -0.05) is 38.0 Å². The standard InChI is InChI=1S/C8H18Cl2Si2/c1-11(2,9)7-5-6-8-12(3,4)10/h5,7H,6,8H2,1-4H3. The molecule has 0 aliphatic carbocycles. The molecule has 0 amide bonds. The van der Waals surface area contributed by atoms with Gasteiger partial charge in [-0.15, -0.1) is 0 Å². The molecule has 0 heterocycles. The molecule has 0 aromatic rings. The zero-order valence-corrected chi connectivity index (χ0v) is 11.8. The molecule has 0 atom stereocenters. The third-order valence-corrected chi connectivity index (χ3v) is 4.87. The molecule has 0 saturated heterocycles. The molecule has 0 unspecified atom stereocenters. The molecular formula is C8H18Cl2Si2. The fraction of sp³-hybridized carbons (Fsp3) is 0.750. The number of hydrogen-bond acceptors (Lipinski definition) is 0. The van der Waals surface area contributed by atoms with E-state index in [1.54, 1.807) is 0 Å². The fourth-order valence-corrected chi connectivity index (χ4v) is 2.97. The van der Waals surface area contributed by atoms with Gasteiger partial charge >= 0.3 is 0 Å².